The van der Waals surface area contributed by atoms with Crippen molar-refractivity contribution in [1.29, 1.82) is 0 Å². The van der Waals surface area contributed by atoms with Gasteiger partial charge in [0.1, 0.15) is 16.8 Å². The number of benzene rings is 1. The Morgan fingerprint density at radius 1 is 1.28 bits per heavy atom. The van der Waals surface area contributed by atoms with Gasteiger partial charge in [0.15, 0.2) is 0 Å². The lowest BCUT2D eigenvalue weighted by Gasteiger charge is -2.16. The minimum atomic E-state index is -0.273. The topological polar surface area (TPSA) is 61.8 Å². The molecule has 25 heavy (non-hydrogen) atoms. The summed E-state index contributed by atoms with van der Waals surface area (Å²) in [6, 6.07) is 12.5. The number of nitrogens with zero attached hydrogens (tertiary/aromatic N) is 3. The van der Waals surface area contributed by atoms with Gasteiger partial charge in [0.05, 0.1) is 18.7 Å². The van der Waals surface area contributed by atoms with Crippen molar-refractivity contribution in [1.82, 2.24) is 9.55 Å². The lowest BCUT2D eigenvalue weighted by atomic mass is 10.1. The molecule has 4 rings (SSSR count). The van der Waals surface area contributed by atoms with Crippen LogP contribution in [-0.4, -0.2) is 15.3 Å². The highest BCUT2D eigenvalue weighted by Crippen LogP contribution is 2.35. The number of hydrogen-bond donors (Lipinski definition) is 0. The van der Waals surface area contributed by atoms with Crippen molar-refractivity contribution in [3.63, 3.8) is 0 Å². The van der Waals surface area contributed by atoms with E-state index in [9.17, 15) is 9.90 Å². The fourth-order valence-corrected chi connectivity index (χ4v) is 4.45. The van der Waals surface area contributed by atoms with Gasteiger partial charge in [-0.1, -0.05) is 48.0 Å². The number of thioether (sulfide) groups is 1. The molecule has 0 bridgehead atoms. The third kappa shape index (κ3) is 2.62. The Bertz CT molecular complexity index is 1000. The lowest BCUT2D eigenvalue weighted by molar-refractivity contribution is -0.751. The van der Waals surface area contributed by atoms with Crippen molar-refractivity contribution in [2.45, 2.75) is 11.2 Å². The molecule has 0 spiro atoms. The number of aromatic nitrogens is 3. The molecule has 1 aromatic carbocycles. The second-order valence-corrected chi connectivity index (χ2v) is 7.18. The highest BCUT2D eigenvalue weighted by atomic mass is 35.5. The normalized spacial score (nSPS) is 16.0. The van der Waals surface area contributed by atoms with E-state index in [1.165, 1.54) is 11.8 Å². The second kappa shape index (κ2) is 6.20. The molecule has 1 aliphatic rings. The van der Waals surface area contributed by atoms with Crippen LogP contribution in [0, 0.1) is 0 Å². The average molecular weight is 372 g/mol. The Kier molecular flexibility index (Phi) is 4.01. The van der Waals surface area contributed by atoms with Gasteiger partial charge in [-0.05, 0) is 23.4 Å². The molecule has 0 aliphatic carbocycles. The first-order valence-corrected chi connectivity index (χ1v) is 9.09. The third-order valence-corrected chi connectivity index (χ3v) is 5.76. The summed E-state index contributed by atoms with van der Waals surface area (Å²) in [6.07, 6.45) is 1.68. The zero-order valence-electron chi connectivity index (χ0n) is 13.3. The minimum absolute atomic E-state index is 0.175. The van der Waals surface area contributed by atoms with Gasteiger partial charge >= 0.3 is 10.7 Å². The maximum absolute atomic E-state index is 13.2. The van der Waals surface area contributed by atoms with Gasteiger partial charge < -0.3 is 5.11 Å². The molecule has 3 aromatic rings. The largest absolute Gasteiger partial charge is 0.842 e. The summed E-state index contributed by atoms with van der Waals surface area (Å²) in [7, 11) is 1.70. The molecule has 1 aliphatic heterocycles. The predicted octanol–water partition coefficient (Wildman–Crippen LogP) is 2.16. The lowest BCUT2D eigenvalue weighted by Crippen LogP contribution is -2.43. The van der Waals surface area contributed by atoms with E-state index in [4.69, 9.17) is 11.6 Å². The highest BCUT2D eigenvalue weighted by Gasteiger charge is 2.37. The van der Waals surface area contributed by atoms with Crippen LogP contribution in [0.15, 0.2) is 58.6 Å². The second-order valence-electron chi connectivity index (χ2n) is 5.80. The number of fused-ring (bicyclic) bond motifs is 1. The van der Waals surface area contributed by atoms with Gasteiger partial charge in [0, 0.05) is 11.8 Å². The van der Waals surface area contributed by atoms with Gasteiger partial charge in [-0.25, -0.2) is 14.3 Å². The van der Waals surface area contributed by atoms with Crippen LogP contribution in [0.25, 0.3) is 11.1 Å². The molecule has 3 heterocycles. The average Bonchev–Trinajstić information content (AvgIpc) is 3.07. The van der Waals surface area contributed by atoms with Gasteiger partial charge in [-0.2, -0.15) is 4.57 Å². The number of pyridine rings is 1. The molecule has 0 amide bonds. The fourth-order valence-electron chi connectivity index (χ4n) is 3.07. The Balaban J connectivity index is 1.95. The van der Waals surface area contributed by atoms with Crippen LogP contribution < -0.4 is 15.2 Å². The van der Waals surface area contributed by atoms with Gasteiger partial charge in [-0.15, -0.1) is 0 Å². The van der Waals surface area contributed by atoms with Crippen LogP contribution in [0.3, 0.4) is 0 Å². The Morgan fingerprint density at radius 2 is 2.04 bits per heavy atom. The van der Waals surface area contributed by atoms with Gasteiger partial charge in [0.25, 0.3) is 0 Å². The Hall–Kier alpha value is -2.31. The summed E-state index contributed by atoms with van der Waals surface area (Å²) in [6.45, 7) is 0. The van der Waals surface area contributed by atoms with E-state index in [-0.39, 0.29) is 23.0 Å². The molecule has 0 unspecified atom stereocenters. The summed E-state index contributed by atoms with van der Waals surface area (Å²) in [5.74, 6) is 0.397. The molecule has 0 radical (unpaired) electrons. The van der Waals surface area contributed by atoms with E-state index in [1.54, 1.807) is 40.6 Å². The molecular weight excluding hydrogens is 358 g/mol. The van der Waals surface area contributed by atoms with Crippen LogP contribution >= 0.6 is 23.4 Å². The maximum atomic E-state index is 13.2. The molecular formula is C18H14ClN3O2S. The zero-order chi connectivity index (χ0) is 17.6. The molecule has 5 nitrogen and oxygen atoms in total. The van der Waals surface area contributed by atoms with Crippen molar-refractivity contribution in [2.75, 3.05) is 5.75 Å². The molecule has 7 heteroatoms. The molecule has 0 saturated heterocycles. The van der Waals surface area contributed by atoms with E-state index < -0.39 is 0 Å². The van der Waals surface area contributed by atoms with Gasteiger partial charge in [-0.3, -0.25) is 0 Å². The Morgan fingerprint density at radius 3 is 2.72 bits per heavy atom. The van der Waals surface area contributed by atoms with Crippen molar-refractivity contribution >= 4 is 23.4 Å². The van der Waals surface area contributed by atoms with Crippen molar-refractivity contribution in [3.05, 3.63) is 69.7 Å². The smallest absolute Gasteiger partial charge is 0.345 e. The SMILES string of the molecule is C[n+]1c([O-])c(-c2ccccc2)c(=O)n2c1SC[C@H]2c1ccc(Cl)nc1. The molecule has 2 aromatic heterocycles. The Labute approximate surface area is 153 Å². The molecule has 0 N–H and O–H groups in total. The highest BCUT2D eigenvalue weighted by molar-refractivity contribution is 7.99. The molecule has 126 valence electrons. The summed E-state index contributed by atoms with van der Waals surface area (Å²) in [4.78, 5) is 17.3. The first-order chi connectivity index (χ1) is 12.1. The minimum Gasteiger partial charge on any atom is -0.842 e. The summed E-state index contributed by atoms with van der Waals surface area (Å²) >= 11 is 7.37. The fraction of sp³-hybridized carbons (Fsp3) is 0.167. The number of halogens is 1. The third-order valence-electron chi connectivity index (χ3n) is 4.32. The summed E-state index contributed by atoms with van der Waals surface area (Å²) in [5, 5.41) is 13.8. The van der Waals surface area contributed by atoms with E-state index in [2.05, 4.69) is 4.98 Å². The molecule has 0 saturated carbocycles. The van der Waals surface area contributed by atoms with E-state index in [0.717, 1.165) is 5.56 Å². The number of rotatable bonds is 2. The summed E-state index contributed by atoms with van der Waals surface area (Å²) < 4.78 is 3.25. The molecule has 0 fully saturated rings. The van der Waals surface area contributed by atoms with E-state index >= 15 is 0 Å². The first-order valence-electron chi connectivity index (χ1n) is 7.73. The van der Waals surface area contributed by atoms with Crippen molar-refractivity contribution in [2.24, 2.45) is 7.05 Å². The van der Waals surface area contributed by atoms with Gasteiger partial charge in [0.2, 0.25) is 0 Å². The monoisotopic (exact) mass is 371 g/mol. The van der Waals surface area contributed by atoms with Crippen LogP contribution in [0.4, 0.5) is 0 Å². The number of hydrogen-bond acceptors (Lipinski definition) is 4. The maximum Gasteiger partial charge on any atom is 0.345 e. The summed E-state index contributed by atoms with van der Waals surface area (Å²) in [5.41, 5.74) is 1.46. The standard InChI is InChI=1S/C18H14ClN3O2S/c1-21-16(23)15(11-5-3-2-4-6-11)17(24)22-13(10-25-18(21)22)12-7-8-14(19)20-9-12/h2-9,13H,10H2,1H3/t13-/m0/s1. The van der Waals surface area contributed by atoms with Crippen LogP contribution in [0.5, 0.6) is 5.88 Å². The molecule has 1 atom stereocenters. The van der Waals surface area contributed by atoms with Crippen LogP contribution in [0.2, 0.25) is 5.15 Å². The van der Waals surface area contributed by atoms with E-state index in [1.807, 2.05) is 24.3 Å². The van der Waals surface area contributed by atoms with Crippen molar-refractivity contribution < 1.29 is 9.67 Å². The van der Waals surface area contributed by atoms with Crippen LogP contribution in [-0.2, 0) is 7.05 Å². The van der Waals surface area contributed by atoms with Crippen LogP contribution in [0.1, 0.15) is 11.6 Å². The first kappa shape index (κ1) is 16.2. The zero-order valence-corrected chi connectivity index (χ0v) is 14.9. The predicted molar refractivity (Wildman–Crippen MR) is 94.9 cm³/mol. The quantitative estimate of drug-likeness (QED) is 0.393. The van der Waals surface area contributed by atoms with Crippen molar-refractivity contribution in [3.8, 4) is 17.0 Å². The van der Waals surface area contributed by atoms with E-state index in [0.29, 0.717) is 21.6 Å².